The molecule has 0 aliphatic rings. The second-order valence-electron chi connectivity index (χ2n) is 3.82. The first-order valence-electron chi connectivity index (χ1n) is 5.78. The van der Waals surface area contributed by atoms with Crippen LogP contribution < -0.4 is 10.2 Å². The number of methoxy groups -OCH3 is 1. The van der Waals surface area contributed by atoms with Crippen molar-refractivity contribution >= 4 is 5.69 Å². The molecule has 0 aromatic heterocycles. The van der Waals surface area contributed by atoms with Gasteiger partial charge in [-0.05, 0) is 26.1 Å². The molecule has 0 amide bonds. The molecule has 0 aliphatic carbocycles. The van der Waals surface area contributed by atoms with Gasteiger partial charge in [0.25, 0.3) is 0 Å². The minimum Gasteiger partial charge on any atom is -0.383 e. The second-order valence-corrected chi connectivity index (χ2v) is 3.82. The SMILES string of the molecule is CCN(CC(COC)NC)c1ccccc1. The molecule has 1 unspecified atom stereocenters. The quantitative estimate of drug-likeness (QED) is 0.760. The number of para-hydroxylation sites is 1. The van der Waals surface area contributed by atoms with Crippen molar-refractivity contribution in [2.24, 2.45) is 0 Å². The molecule has 16 heavy (non-hydrogen) atoms. The fourth-order valence-electron chi connectivity index (χ4n) is 1.75. The van der Waals surface area contributed by atoms with Crippen LogP contribution in [0.25, 0.3) is 0 Å². The highest BCUT2D eigenvalue weighted by molar-refractivity contribution is 5.45. The number of hydrogen-bond donors (Lipinski definition) is 1. The Kier molecular flexibility index (Phi) is 5.90. The summed E-state index contributed by atoms with van der Waals surface area (Å²) in [5.74, 6) is 0. The summed E-state index contributed by atoms with van der Waals surface area (Å²) in [6.45, 7) is 4.88. The summed E-state index contributed by atoms with van der Waals surface area (Å²) in [6, 6.07) is 10.8. The number of anilines is 1. The topological polar surface area (TPSA) is 24.5 Å². The number of nitrogens with zero attached hydrogens (tertiary/aromatic N) is 1. The Morgan fingerprint density at radius 2 is 2.00 bits per heavy atom. The van der Waals surface area contributed by atoms with Crippen LogP contribution in [0.15, 0.2) is 30.3 Å². The van der Waals surface area contributed by atoms with E-state index in [4.69, 9.17) is 4.74 Å². The van der Waals surface area contributed by atoms with Gasteiger partial charge in [-0.15, -0.1) is 0 Å². The van der Waals surface area contributed by atoms with E-state index in [9.17, 15) is 0 Å². The fraction of sp³-hybridized carbons (Fsp3) is 0.538. The van der Waals surface area contributed by atoms with E-state index in [0.29, 0.717) is 6.04 Å². The van der Waals surface area contributed by atoms with Gasteiger partial charge in [-0.1, -0.05) is 18.2 Å². The zero-order chi connectivity index (χ0) is 11.8. The summed E-state index contributed by atoms with van der Waals surface area (Å²) >= 11 is 0. The van der Waals surface area contributed by atoms with Crippen molar-refractivity contribution in [3.8, 4) is 0 Å². The monoisotopic (exact) mass is 222 g/mol. The molecule has 3 nitrogen and oxygen atoms in total. The van der Waals surface area contributed by atoms with E-state index in [1.165, 1.54) is 5.69 Å². The molecule has 3 heteroatoms. The van der Waals surface area contributed by atoms with E-state index < -0.39 is 0 Å². The number of rotatable bonds is 7. The van der Waals surface area contributed by atoms with Crippen LogP contribution in [0.5, 0.6) is 0 Å². The van der Waals surface area contributed by atoms with Gasteiger partial charge in [-0.25, -0.2) is 0 Å². The van der Waals surface area contributed by atoms with Crippen LogP contribution >= 0.6 is 0 Å². The molecule has 0 spiro atoms. The number of hydrogen-bond acceptors (Lipinski definition) is 3. The van der Waals surface area contributed by atoms with Crippen LogP contribution in [0.1, 0.15) is 6.92 Å². The first-order valence-corrected chi connectivity index (χ1v) is 5.78. The maximum absolute atomic E-state index is 5.19. The Hall–Kier alpha value is -1.06. The number of nitrogens with one attached hydrogen (secondary N) is 1. The van der Waals surface area contributed by atoms with Gasteiger partial charge in [-0.2, -0.15) is 0 Å². The molecular weight excluding hydrogens is 200 g/mol. The van der Waals surface area contributed by atoms with Gasteiger partial charge in [-0.3, -0.25) is 0 Å². The molecule has 0 saturated carbocycles. The molecule has 0 radical (unpaired) electrons. The van der Waals surface area contributed by atoms with Gasteiger partial charge in [0.1, 0.15) is 0 Å². The molecule has 0 fully saturated rings. The number of likely N-dealkylation sites (N-methyl/N-ethyl adjacent to an activating group) is 2. The Morgan fingerprint density at radius 1 is 1.31 bits per heavy atom. The fourth-order valence-corrected chi connectivity index (χ4v) is 1.75. The van der Waals surface area contributed by atoms with Crippen LogP contribution in [0.4, 0.5) is 5.69 Å². The third-order valence-electron chi connectivity index (χ3n) is 2.72. The normalized spacial score (nSPS) is 12.4. The molecule has 0 aliphatic heterocycles. The smallest absolute Gasteiger partial charge is 0.0633 e. The summed E-state index contributed by atoms with van der Waals surface area (Å²) in [7, 11) is 3.71. The number of ether oxygens (including phenoxy) is 1. The molecule has 1 aromatic rings. The average molecular weight is 222 g/mol. The van der Waals surface area contributed by atoms with Crippen molar-refractivity contribution in [1.82, 2.24) is 5.32 Å². The van der Waals surface area contributed by atoms with Gasteiger partial charge in [0.2, 0.25) is 0 Å². The van der Waals surface area contributed by atoms with Crippen molar-refractivity contribution in [1.29, 1.82) is 0 Å². The van der Waals surface area contributed by atoms with Crippen LogP contribution in [0.3, 0.4) is 0 Å². The Bertz CT molecular complexity index is 277. The summed E-state index contributed by atoms with van der Waals surface area (Å²) < 4.78 is 5.19. The van der Waals surface area contributed by atoms with E-state index >= 15 is 0 Å². The third-order valence-corrected chi connectivity index (χ3v) is 2.72. The molecular formula is C13H22N2O. The van der Waals surface area contributed by atoms with E-state index in [1.54, 1.807) is 7.11 Å². The molecule has 0 heterocycles. The van der Waals surface area contributed by atoms with Crippen molar-refractivity contribution in [3.05, 3.63) is 30.3 Å². The molecule has 90 valence electrons. The molecule has 1 rings (SSSR count). The molecule has 0 bridgehead atoms. The summed E-state index contributed by atoms with van der Waals surface area (Å²) in [6.07, 6.45) is 0. The van der Waals surface area contributed by atoms with E-state index in [2.05, 4.69) is 41.4 Å². The Labute approximate surface area is 98.4 Å². The minimum absolute atomic E-state index is 0.366. The minimum atomic E-state index is 0.366. The number of benzene rings is 1. The molecule has 1 atom stereocenters. The Balaban J connectivity index is 2.61. The van der Waals surface area contributed by atoms with Crippen LogP contribution in [0.2, 0.25) is 0 Å². The predicted octanol–water partition coefficient (Wildman–Crippen LogP) is 1.75. The van der Waals surface area contributed by atoms with Gasteiger partial charge in [0, 0.05) is 31.9 Å². The van der Waals surface area contributed by atoms with Crippen molar-refractivity contribution in [2.75, 3.05) is 38.8 Å². The zero-order valence-electron chi connectivity index (χ0n) is 10.4. The van der Waals surface area contributed by atoms with E-state index in [1.807, 2.05) is 13.1 Å². The van der Waals surface area contributed by atoms with Gasteiger partial charge < -0.3 is 15.0 Å². The highest BCUT2D eigenvalue weighted by Crippen LogP contribution is 2.12. The lowest BCUT2D eigenvalue weighted by atomic mass is 10.2. The predicted molar refractivity (Wildman–Crippen MR) is 69.1 cm³/mol. The maximum atomic E-state index is 5.19. The standard InChI is InChI=1S/C13H22N2O/c1-4-15(10-12(14-2)11-16-3)13-8-6-5-7-9-13/h5-9,12,14H,4,10-11H2,1-3H3. The van der Waals surface area contributed by atoms with Crippen LogP contribution in [0, 0.1) is 0 Å². The van der Waals surface area contributed by atoms with E-state index in [0.717, 1.165) is 19.7 Å². The zero-order valence-corrected chi connectivity index (χ0v) is 10.4. The third kappa shape index (κ3) is 3.83. The van der Waals surface area contributed by atoms with Crippen molar-refractivity contribution in [2.45, 2.75) is 13.0 Å². The summed E-state index contributed by atoms with van der Waals surface area (Å²) in [5.41, 5.74) is 1.27. The van der Waals surface area contributed by atoms with Crippen LogP contribution in [-0.4, -0.2) is 39.9 Å². The van der Waals surface area contributed by atoms with Gasteiger partial charge >= 0.3 is 0 Å². The van der Waals surface area contributed by atoms with Crippen LogP contribution in [-0.2, 0) is 4.74 Å². The van der Waals surface area contributed by atoms with Gasteiger partial charge in [0.15, 0.2) is 0 Å². The van der Waals surface area contributed by atoms with Crippen molar-refractivity contribution < 1.29 is 4.74 Å². The highest BCUT2D eigenvalue weighted by Gasteiger charge is 2.11. The molecule has 0 saturated heterocycles. The van der Waals surface area contributed by atoms with E-state index in [-0.39, 0.29) is 0 Å². The summed E-state index contributed by atoms with van der Waals surface area (Å²) in [4.78, 5) is 2.35. The average Bonchev–Trinajstić information content (AvgIpc) is 2.35. The first-order chi connectivity index (χ1) is 7.81. The van der Waals surface area contributed by atoms with Gasteiger partial charge in [0.05, 0.1) is 6.61 Å². The lowest BCUT2D eigenvalue weighted by Gasteiger charge is -2.27. The Morgan fingerprint density at radius 3 is 2.50 bits per heavy atom. The first kappa shape index (κ1) is 13.0. The van der Waals surface area contributed by atoms with Crippen molar-refractivity contribution in [3.63, 3.8) is 0 Å². The second kappa shape index (κ2) is 7.25. The summed E-state index contributed by atoms with van der Waals surface area (Å²) in [5, 5.41) is 3.27. The molecule has 1 N–H and O–H groups in total. The lowest BCUT2D eigenvalue weighted by Crippen LogP contribution is -2.42. The maximum Gasteiger partial charge on any atom is 0.0633 e. The largest absolute Gasteiger partial charge is 0.383 e. The highest BCUT2D eigenvalue weighted by atomic mass is 16.5. The molecule has 1 aromatic carbocycles. The lowest BCUT2D eigenvalue weighted by molar-refractivity contribution is 0.171.